The second kappa shape index (κ2) is 8.68. The highest BCUT2D eigenvalue weighted by molar-refractivity contribution is 6.11. The van der Waals surface area contributed by atoms with E-state index in [2.05, 4.69) is 4.98 Å². The number of pyridine rings is 2. The van der Waals surface area contributed by atoms with Gasteiger partial charge in [0.1, 0.15) is 11.7 Å². The summed E-state index contributed by atoms with van der Waals surface area (Å²) in [5, 5.41) is 0. The first kappa shape index (κ1) is 20.3. The Hall–Kier alpha value is -3.48. The van der Waals surface area contributed by atoms with Gasteiger partial charge in [-0.3, -0.25) is 14.6 Å². The van der Waals surface area contributed by atoms with Crippen molar-refractivity contribution in [2.24, 2.45) is 0 Å². The SMILES string of the molecule is CCOC(=O)c1c(C(C(C)=O)C(=O)OCC)c2ccccn2c1-c1ccccn1. The van der Waals surface area contributed by atoms with Crippen LogP contribution in [0.1, 0.15) is 42.6 Å². The summed E-state index contributed by atoms with van der Waals surface area (Å²) in [6, 6.07) is 10.6. The highest BCUT2D eigenvalue weighted by atomic mass is 16.5. The maximum atomic E-state index is 13.0. The van der Waals surface area contributed by atoms with Gasteiger partial charge in [-0.05, 0) is 45.0 Å². The molecule has 0 aliphatic heterocycles. The van der Waals surface area contributed by atoms with Gasteiger partial charge in [-0.25, -0.2) is 4.79 Å². The van der Waals surface area contributed by atoms with Gasteiger partial charge in [-0.1, -0.05) is 12.1 Å². The molecule has 1 unspecified atom stereocenters. The van der Waals surface area contributed by atoms with Gasteiger partial charge < -0.3 is 13.9 Å². The van der Waals surface area contributed by atoms with Crippen molar-refractivity contribution < 1.29 is 23.9 Å². The first-order valence-electron chi connectivity index (χ1n) is 9.39. The molecule has 0 fully saturated rings. The number of nitrogens with zero attached hydrogens (tertiary/aromatic N) is 2. The molecule has 0 saturated heterocycles. The number of Topliss-reactive ketones (excluding diaryl/α,β-unsaturated/α-hetero) is 1. The topological polar surface area (TPSA) is 87.0 Å². The molecule has 0 spiro atoms. The van der Waals surface area contributed by atoms with E-state index in [1.54, 1.807) is 67.0 Å². The lowest BCUT2D eigenvalue weighted by molar-refractivity contribution is -0.147. The smallest absolute Gasteiger partial charge is 0.340 e. The number of carbonyl (C=O) groups excluding carboxylic acids is 3. The molecule has 0 aliphatic carbocycles. The maximum Gasteiger partial charge on any atom is 0.340 e. The molecule has 3 rings (SSSR count). The fourth-order valence-corrected chi connectivity index (χ4v) is 3.40. The van der Waals surface area contributed by atoms with Crippen LogP contribution < -0.4 is 0 Å². The quantitative estimate of drug-likeness (QED) is 0.451. The molecule has 7 heteroatoms. The molecule has 3 aromatic rings. The van der Waals surface area contributed by atoms with Gasteiger partial charge in [0.25, 0.3) is 0 Å². The molecule has 0 aliphatic rings. The Kier molecular flexibility index (Phi) is 6.07. The third kappa shape index (κ3) is 3.76. The minimum atomic E-state index is -1.25. The number of rotatable bonds is 7. The van der Waals surface area contributed by atoms with Crippen molar-refractivity contribution in [2.45, 2.75) is 26.7 Å². The highest BCUT2D eigenvalue weighted by Crippen LogP contribution is 2.37. The second-order valence-electron chi connectivity index (χ2n) is 6.32. The first-order chi connectivity index (χ1) is 14.0. The predicted octanol–water partition coefficient (Wildman–Crippen LogP) is 3.41. The largest absolute Gasteiger partial charge is 0.465 e. The Labute approximate surface area is 168 Å². The molecule has 0 radical (unpaired) electrons. The van der Waals surface area contributed by atoms with Crippen molar-refractivity contribution in [1.29, 1.82) is 0 Å². The summed E-state index contributed by atoms with van der Waals surface area (Å²) in [6.07, 6.45) is 3.37. The van der Waals surface area contributed by atoms with Crippen molar-refractivity contribution in [3.8, 4) is 11.4 Å². The van der Waals surface area contributed by atoms with Crippen molar-refractivity contribution in [3.05, 3.63) is 59.9 Å². The summed E-state index contributed by atoms with van der Waals surface area (Å²) in [6.45, 7) is 4.94. The van der Waals surface area contributed by atoms with Crippen molar-refractivity contribution >= 4 is 23.2 Å². The molecule has 0 N–H and O–H groups in total. The summed E-state index contributed by atoms with van der Waals surface area (Å²) in [5.41, 5.74) is 1.95. The Balaban J connectivity index is 2.42. The molecule has 0 saturated carbocycles. The van der Waals surface area contributed by atoms with Crippen LogP contribution in [-0.4, -0.2) is 40.3 Å². The van der Waals surface area contributed by atoms with Crippen LogP contribution in [0.15, 0.2) is 48.8 Å². The average molecular weight is 394 g/mol. The van der Waals surface area contributed by atoms with E-state index < -0.39 is 23.6 Å². The third-order valence-electron chi connectivity index (χ3n) is 4.49. The van der Waals surface area contributed by atoms with E-state index >= 15 is 0 Å². The molecule has 150 valence electrons. The number of aromatic nitrogens is 2. The van der Waals surface area contributed by atoms with Gasteiger partial charge in [0, 0.05) is 18.0 Å². The Morgan fingerprint density at radius 3 is 2.38 bits per heavy atom. The highest BCUT2D eigenvalue weighted by Gasteiger charge is 2.37. The van der Waals surface area contributed by atoms with E-state index in [-0.39, 0.29) is 24.3 Å². The van der Waals surface area contributed by atoms with Gasteiger partial charge in [0.15, 0.2) is 0 Å². The molecule has 0 bridgehead atoms. The fraction of sp³-hybridized carbons (Fsp3) is 0.273. The first-order valence-corrected chi connectivity index (χ1v) is 9.39. The number of ether oxygens (including phenoxy) is 2. The monoisotopic (exact) mass is 394 g/mol. The van der Waals surface area contributed by atoms with Crippen LogP contribution in [-0.2, 0) is 19.1 Å². The van der Waals surface area contributed by atoms with Gasteiger partial charge >= 0.3 is 11.9 Å². The lowest BCUT2D eigenvalue weighted by Gasteiger charge is -2.14. The lowest BCUT2D eigenvalue weighted by atomic mass is 9.91. The van der Waals surface area contributed by atoms with E-state index in [1.807, 2.05) is 0 Å². The normalized spacial score (nSPS) is 11.8. The van der Waals surface area contributed by atoms with Crippen molar-refractivity contribution in [1.82, 2.24) is 9.38 Å². The van der Waals surface area contributed by atoms with Crippen molar-refractivity contribution in [3.63, 3.8) is 0 Å². The lowest BCUT2D eigenvalue weighted by Crippen LogP contribution is -2.24. The third-order valence-corrected chi connectivity index (χ3v) is 4.49. The summed E-state index contributed by atoms with van der Waals surface area (Å²) in [4.78, 5) is 42.6. The number of fused-ring (bicyclic) bond motifs is 1. The zero-order valence-electron chi connectivity index (χ0n) is 16.5. The van der Waals surface area contributed by atoms with E-state index in [1.165, 1.54) is 6.92 Å². The Morgan fingerprint density at radius 1 is 1.03 bits per heavy atom. The average Bonchev–Trinajstić information content (AvgIpc) is 3.04. The van der Waals surface area contributed by atoms with Crippen LogP contribution in [0.25, 0.3) is 16.9 Å². The van der Waals surface area contributed by atoms with Crippen LogP contribution in [0, 0.1) is 0 Å². The minimum Gasteiger partial charge on any atom is -0.465 e. The van der Waals surface area contributed by atoms with Crippen LogP contribution >= 0.6 is 0 Å². The summed E-state index contributed by atoms with van der Waals surface area (Å²) in [7, 11) is 0. The molecule has 3 aromatic heterocycles. The van der Waals surface area contributed by atoms with Crippen LogP contribution in [0.2, 0.25) is 0 Å². The van der Waals surface area contributed by atoms with E-state index in [4.69, 9.17) is 9.47 Å². The van der Waals surface area contributed by atoms with Gasteiger partial charge in [-0.15, -0.1) is 0 Å². The molecule has 7 nitrogen and oxygen atoms in total. The Bertz CT molecular complexity index is 1060. The molecular formula is C22H22N2O5. The molecule has 29 heavy (non-hydrogen) atoms. The van der Waals surface area contributed by atoms with Crippen LogP contribution in [0.3, 0.4) is 0 Å². The molecule has 1 atom stereocenters. The van der Waals surface area contributed by atoms with E-state index in [0.717, 1.165) is 0 Å². The molecule has 3 heterocycles. The Morgan fingerprint density at radius 2 is 1.76 bits per heavy atom. The number of esters is 2. The summed E-state index contributed by atoms with van der Waals surface area (Å²) in [5.74, 6) is -2.99. The van der Waals surface area contributed by atoms with E-state index in [9.17, 15) is 14.4 Å². The number of carbonyl (C=O) groups is 3. The van der Waals surface area contributed by atoms with E-state index in [0.29, 0.717) is 16.9 Å². The number of hydrogen-bond donors (Lipinski definition) is 0. The number of hydrogen-bond acceptors (Lipinski definition) is 6. The maximum absolute atomic E-state index is 13.0. The van der Waals surface area contributed by atoms with Gasteiger partial charge in [0.05, 0.1) is 35.7 Å². The molecular weight excluding hydrogens is 372 g/mol. The second-order valence-corrected chi connectivity index (χ2v) is 6.32. The van der Waals surface area contributed by atoms with Crippen LogP contribution in [0.4, 0.5) is 0 Å². The fourth-order valence-electron chi connectivity index (χ4n) is 3.40. The predicted molar refractivity (Wildman–Crippen MR) is 107 cm³/mol. The summed E-state index contributed by atoms with van der Waals surface area (Å²) >= 11 is 0. The zero-order valence-corrected chi connectivity index (χ0v) is 16.5. The summed E-state index contributed by atoms with van der Waals surface area (Å²) < 4.78 is 12.2. The number of ketones is 1. The van der Waals surface area contributed by atoms with Gasteiger partial charge in [-0.2, -0.15) is 0 Å². The standard InChI is InChI=1S/C22H22N2O5/c1-4-28-21(26)17(14(3)25)18-16-11-7-9-13-24(16)20(15-10-6-8-12-23-15)19(18)22(27)29-5-2/h6-13,17H,4-5H2,1-3H3. The minimum absolute atomic E-state index is 0.121. The molecule has 0 amide bonds. The zero-order chi connectivity index (χ0) is 21.0. The van der Waals surface area contributed by atoms with Gasteiger partial charge in [0.2, 0.25) is 0 Å². The molecule has 0 aromatic carbocycles. The van der Waals surface area contributed by atoms with Crippen LogP contribution in [0.5, 0.6) is 0 Å². The van der Waals surface area contributed by atoms with Crippen molar-refractivity contribution in [2.75, 3.05) is 13.2 Å².